The lowest BCUT2D eigenvalue weighted by Gasteiger charge is -2.26. The average molecular weight is 488 g/mol. The van der Waals surface area contributed by atoms with Gasteiger partial charge in [0.05, 0.1) is 24.5 Å². The second-order valence-corrected chi connectivity index (χ2v) is 10.1. The Labute approximate surface area is 199 Å². The van der Waals surface area contributed by atoms with Crippen molar-refractivity contribution in [2.45, 2.75) is 25.7 Å². The van der Waals surface area contributed by atoms with Gasteiger partial charge in [0.2, 0.25) is 27.7 Å². The second kappa shape index (κ2) is 10.7. The standard InChI is InChI=1S/C23H29N5O5S/c1-15-9-16(2)23(17(3)10-15)27-21(30)13-26-20(29)12-25-18-5-4-6-19(11-18)34(32,33)28-8-7-24-22(31)14-28/h4-6,9-11,25H,7-8,12-14H2,1-3H3,(H,24,31)(H,26,29)(H,27,30). The van der Waals surface area contributed by atoms with E-state index < -0.39 is 15.9 Å². The molecule has 1 heterocycles. The van der Waals surface area contributed by atoms with Crippen LogP contribution >= 0.6 is 0 Å². The number of rotatable bonds is 8. The van der Waals surface area contributed by atoms with Gasteiger partial charge >= 0.3 is 0 Å². The molecule has 1 aliphatic rings. The molecule has 0 aromatic heterocycles. The van der Waals surface area contributed by atoms with Gasteiger partial charge in [-0.15, -0.1) is 0 Å². The highest BCUT2D eigenvalue weighted by molar-refractivity contribution is 7.89. The number of nitrogens with one attached hydrogen (secondary N) is 4. The molecule has 0 aliphatic carbocycles. The number of amides is 3. The van der Waals surface area contributed by atoms with Crippen LogP contribution in [0.3, 0.4) is 0 Å². The molecule has 1 aliphatic heterocycles. The number of aryl methyl sites for hydroxylation is 3. The zero-order chi connectivity index (χ0) is 24.9. The fourth-order valence-electron chi connectivity index (χ4n) is 3.72. The summed E-state index contributed by atoms with van der Waals surface area (Å²) in [4.78, 5) is 36.0. The molecule has 2 aromatic carbocycles. The van der Waals surface area contributed by atoms with E-state index in [0.717, 1.165) is 26.7 Å². The van der Waals surface area contributed by atoms with Crippen LogP contribution in [0, 0.1) is 20.8 Å². The summed E-state index contributed by atoms with van der Waals surface area (Å²) in [5.41, 5.74) is 4.14. The summed E-state index contributed by atoms with van der Waals surface area (Å²) in [5.74, 6) is -1.12. The van der Waals surface area contributed by atoms with Crippen LogP contribution in [0.2, 0.25) is 0 Å². The lowest BCUT2D eigenvalue weighted by Crippen LogP contribution is -2.49. The third-order valence-corrected chi connectivity index (χ3v) is 7.16. The van der Waals surface area contributed by atoms with Gasteiger partial charge in [0.25, 0.3) is 0 Å². The molecule has 4 N–H and O–H groups in total. The summed E-state index contributed by atoms with van der Waals surface area (Å²) in [7, 11) is -3.84. The van der Waals surface area contributed by atoms with Gasteiger partial charge in [0.1, 0.15) is 0 Å². The number of sulfonamides is 1. The molecule has 0 radical (unpaired) electrons. The summed E-state index contributed by atoms with van der Waals surface area (Å²) in [6, 6.07) is 9.97. The van der Waals surface area contributed by atoms with Crippen molar-refractivity contribution < 1.29 is 22.8 Å². The molecule has 0 spiro atoms. The van der Waals surface area contributed by atoms with Gasteiger partial charge in [0, 0.05) is 24.5 Å². The van der Waals surface area contributed by atoms with Crippen molar-refractivity contribution >= 4 is 39.1 Å². The Morgan fingerprint density at radius 3 is 2.41 bits per heavy atom. The predicted molar refractivity (Wildman–Crippen MR) is 129 cm³/mol. The Balaban J connectivity index is 1.52. The minimum Gasteiger partial charge on any atom is -0.376 e. The number of benzene rings is 2. The molecular formula is C23H29N5O5S. The van der Waals surface area contributed by atoms with E-state index in [2.05, 4.69) is 21.3 Å². The fourth-order valence-corrected chi connectivity index (χ4v) is 5.16. The number of piperazine rings is 1. The van der Waals surface area contributed by atoms with Gasteiger partial charge in [-0.1, -0.05) is 23.8 Å². The van der Waals surface area contributed by atoms with E-state index in [1.807, 2.05) is 32.9 Å². The fraction of sp³-hybridized carbons (Fsp3) is 0.348. The van der Waals surface area contributed by atoms with Gasteiger partial charge in [-0.05, 0) is 50.1 Å². The lowest BCUT2D eigenvalue weighted by atomic mass is 10.1. The maximum atomic E-state index is 12.8. The molecule has 0 saturated carbocycles. The second-order valence-electron chi connectivity index (χ2n) is 8.17. The van der Waals surface area contributed by atoms with Crippen LogP contribution in [-0.4, -0.2) is 63.2 Å². The maximum absolute atomic E-state index is 12.8. The minimum absolute atomic E-state index is 0.0239. The highest BCUT2D eigenvalue weighted by Crippen LogP contribution is 2.22. The highest BCUT2D eigenvalue weighted by Gasteiger charge is 2.29. The van der Waals surface area contributed by atoms with E-state index in [0.29, 0.717) is 5.69 Å². The normalized spacial score (nSPS) is 14.3. The summed E-state index contributed by atoms with van der Waals surface area (Å²) < 4.78 is 26.7. The van der Waals surface area contributed by atoms with Gasteiger partial charge in [-0.25, -0.2) is 8.42 Å². The first-order chi connectivity index (χ1) is 16.1. The first-order valence-corrected chi connectivity index (χ1v) is 12.3. The predicted octanol–water partition coefficient (Wildman–Crippen LogP) is 0.899. The average Bonchev–Trinajstić information content (AvgIpc) is 2.79. The molecule has 182 valence electrons. The van der Waals surface area contributed by atoms with Crippen LogP contribution in [0.5, 0.6) is 0 Å². The Morgan fingerprint density at radius 1 is 1.03 bits per heavy atom. The molecule has 3 amide bonds. The van der Waals surface area contributed by atoms with Crippen molar-refractivity contribution in [3.05, 3.63) is 53.1 Å². The van der Waals surface area contributed by atoms with Crippen LogP contribution < -0.4 is 21.3 Å². The first kappa shape index (κ1) is 25.2. The van der Waals surface area contributed by atoms with E-state index in [-0.39, 0.29) is 49.4 Å². The van der Waals surface area contributed by atoms with E-state index in [1.54, 1.807) is 12.1 Å². The Morgan fingerprint density at radius 2 is 1.74 bits per heavy atom. The molecule has 2 aromatic rings. The Hall–Kier alpha value is -3.44. The Bertz CT molecular complexity index is 1190. The molecule has 0 unspecified atom stereocenters. The maximum Gasteiger partial charge on any atom is 0.243 e. The summed E-state index contributed by atoms with van der Waals surface area (Å²) in [6.07, 6.45) is 0. The molecule has 0 bridgehead atoms. The van der Waals surface area contributed by atoms with Gasteiger partial charge < -0.3 is 21.3 Å². The van der Waals surface area contributed by atoms with Gasteiger partial charge in [-0.2, -0.15) is 4.31 Å². The Kier molecular flexibility index (Phi) is 7.90. The van der Waals surface area contributed by atoms with Gasteiger partial charge in [-0.3, -0.25) is 14.4 Å². The number of carbonyl (C=O) groups excluding carboxylic acids is 3. The lowest BCUT2D eigenvalue weighted by molar-refractivity contribution is -0.123. The molecule has 11 heteroatoms. The first-order valence-electron chi connectivity index (χ1n) is 10.8. The zero-order valence-electron chi connectivity index (χ0n) is 19.4. The molecular weight excluding hydrogens is 458 g/mol. The molecule has 3 rings (SSSR count). The summed E-state index contributed by atoms with van der Waals surface area (Å²) in [6.45, 7) is 5.68. The van der Waals surface area contributed by atoms with Crippen molar-refractivity contribution in [3.63, 3.8) is 0 Å². The smallest absolute Gasteiger partial charge is 0.243 e. The largest absolute Gasteiger partial charge is 0.376 e. The van der Waals surface area contributed by atoms with E-state index in [4.69, 9.17) is 0 Å². The zero-order valence-corrected chi connectivity index (χ0v) is 20.2. The van der Waals surface area contributed by atoms with Crippen molar-refractivity contribution in [1.29, 1.82) is 0 Å². The van der Waals surface area contributed by atoms with Crippen LogP contribution in [0.25, 0.3) is 0 Å². The highest BCUT2D eigenvalue weighted by atomic mass is 32.2. The van der Waals surface area contributed by atoms with Crippen molar-refractivity contribution in [3.8, 4) is 0 Å². The molecule has 0 atom stereocenters. The molecule has 1 fully saturated rings. The monoisotopic (exact) mass is 487 g/mol. The molecule has 1 saturated heterocycles. The summed E-state index contributed by atoms with van der Waals surface area (Å²) >= 11 is 0. The number of hydrogen-bond donors (Lipinski definition) is 4. The van der Waals surface area contributed by atoms with E-state index >= 15 is 0 Å². The van der Waals surface area contributed by atoms with E-state index in [9.17, 15) is 22.8 Å². The van der Waals surface area contributed by atoms with Crippen molar-refractivity contribution in [2.24, 2.45) is 0 Å². The van der Waals surface area contributed by atoms with Crippen LogP contribution in [0.4, 0.5) is 11.4 Å². The molecule has 34 heavy (non-hydrogen) atoms. The van der Waals surface area contributed by atoms with Crippen molar-refractivity contribution in [2.75, 3.05) is 43.4 Å². The minimum atomic E-state index is -3.84. The number of hydrogen-bond acceptors (Lipinski definition) is 6. The van der Waals surface area contributed by atoms with Crippen molar-refractivity contribution in [1.82, 2.24) is 14.9 Å². The quantitative estimate of drug-likeness (QED) is 0.437. The number of nitrogens with zero attached hydrogens (tertiary/aromatic N) is 1. The topological polar surface area (TPSA) is 137 Å². The van der Waals surface area contributed by atoms with Crippen LogP contribution in [0.1, 0.15) is 16.7 Å². The van der Waals surface area contributed by atoms with Crippen LogP contribution in [0.15, 0.2) is 41.3 Å². The third kappa shape index (κ3) is 6.33. The number of carbonyl (C=O) groups is 3. The SMILES string of the molecule is Cc1cc(C)c(NC(=O)CNC(=O)CNc2cccc(S(=O)(=O)N3CCNC(=O)C3)c2)c(C)c1. The number of anilines is 2. The van der Waals surface area contributed by atoms with Gasteiger partial charge in [0.15, 0.2) is 0 Å². The molecule has 10 nitrogen and oxygen atoms in total. The summed E-state index contributed by atoms with van der Waals surface area (Å²) in [5, 5.41) is 10.8. The van der Waals surface area contributed by atoms with E-state index in [1.165, 1.54) is 12.1 Å². The van der Waals surface area contributed by atoms with Crippen LogP contribution in [-0.2, 0) is 24.4 Å². The third-order valence-electron chi connectivity index (χ3n) is 5.32.